The number of rotatable bonds is 0. The molecule has 0 aromatic carbocycles. The first-order valence-corrected chi connectivity index (χ1v) is 6.46. The molecule has 0 atom stereocenters. The molecule has 0 unspecified atom stereocenters. The lowest BCUT2D eigenvalue weighted by Crippen LogP contribution is -2.31. The van der Waals surface area contributed by atoms with Crippen molar-refractivity contribution in [2.24, 2.45) is 4.99 Å². The molecule has 5 nitrogen and oxygen atoms in total. The van der Waals surface area contributed by atoms with E-state index in [4.69, 9.17) is 4.18 Å². The van der Waals surface area contributed by atoms with E-state index >= 15 is 0 Å². The van der Waals surface area contributed by atoms with Gasteiger partial charge in [0.25, 0.3) is 0 Å². The van der Waals surface area contributed by atoms with E-state index in [1.54, 1.807) is 12.3 Å². The van der Waals surface area contributed by atoms with Crippen molar-refractivity contribution in [2.75, 3.05) is 28.2 Å². The van der Waals surface area contributed by atoms with Gasteiger partial charge in [0.2, 0.25) is 0 Å². The average molecular weight is 329 g/mol. The van der Waals surface area contributed by atoms with Gasteiger partial charge in [-0.2, -0.15) is 0 Å². The Labute approximate surface area is 124 Å². The van der Waals surface area contributed by atoms with Crippen LogP contribution in [0.25, 0.3) is 0 Å². The molecular formula is C10H16BF4N3O2S. The molecule has 0 saturated heterocycles. The summed E-state index contributed by atoms with van der Waals surface area (Å²) >= 11 is 0.999. The number of amidine groups is 1. The van der Waals surface area contributed by atoms with Gasteiger partial charge in [0.1, 0.15) is 12.0 Å². The number of carbonyl (C=O) groups excluding carboxylic acids is 1. The minimum absolute atomic E-state index is 0.00985. The highest BCUT2D eigenvalue weighted by Crippen LogP contribution is 2.13. The van der Waals surface area contributed by atoms with Crippen molar-refractivity contribution >= 4 is 36.1 Å². The zero-order valence-corrected chi connectivity index (χ0v) is 12.8. The van der Waals surface area contributed by atoms with Gasteiger partial charge in [-0.05, 0) is 0 Å². The van der Waals surface area contributed by atoms with Crippen LogP contribution in [0, 0.1) is 0 Å². The fourth-order valence-electron chi connectivity index (χ4n) is 1.13. The molecule has 0 fully saturated rings. The van der Waals surface area contributed by atoms with E-state index in [0.717, 1.165) is 12.0 Å². The van der Waals surface area contributed by atoms with Gasteiger partial charge in [-0.1, -0.05) is 6.08 Å². The number of allylic oxidation sites excluding steroid dienone is 1. The Morgan fingerprint density at radius 2 is 1.90 bits per heavy atom. The molecule has 21 heavy (non-hydrogen) atoms. The van der Waals surface area contributed by atoms with Crippen molar-refractivity contribution in [1.29, 1.82) is 0 Å². The normalized spacial score (nSPS) is 13.9. The number of halogens is 4. The van der Waals surface area contributed by atoms with E-state index in [0.29, 0.717) is 17.5 Å². The fourth-order valence-corrected chi connectivity index (χ4v) is 1.87. The Morgan fingerprint density at radius 3 is 2.29 bits per heavy atom. The molecule has 1 aliphatic heterocycles. The van der Waals surface area contributed by atoms with Gasteiger partial charge in [-0.25, -0.2) is 14.5 Å². The number of Topliss-reactive ketones (excluding diaryl/α,β-unsaturated/α-hetero) is 1. The Kier molecular flexibility index (Phi) is 8.07. The van der Waals surface area contributed by atoms with Crippen LogP contribution in [0.15, 0.2) is 17.3 Å². The predicted octanol–water partition coefficient (Wildman–Crippen LogP) is 2.03. The molecule has 1 aliphatic rings. The van der Waals surface area contributed by atoms with Gasteiger partial charge in [-0.3, -0.25) is 4.79 Å². The van der Waals surface area contributed by atoms with Gasteiger partial charge in [0.05, 0.1) is 28.2 Å². The first-order chi connectivity index (χ1) is 9.52. The van der Waals surface area contributed by atoms with Crippen LogP contribution in [0.3, 0.4) is 0 Å². The fraction of sp³-hybridized carbons (Fsp3) is 0.500. The standard InChI is InChI=1S/C10H16N3O2S.BF4/c1-12(2)10(13(3)4)15-16-9-8(14)6-5-7-11-9;2-1(3,4)5/h5,7H,6H2,1-4H3;/q+1;-1. The van der Waals surface area contributed by atoms with Crippen molar-refractivity contribution in [2.45, 2.75) is 6.42 Å². The summed E-state index contributed by atoms with van der Waals surface area (Å²) in [6, 6.07) is 0.662. The van der Waals surface area contributed by atoms with Crippen molar-refractivity contribution < 1.29 is 30.8 Å². The average Bonchev–Trinajstić information content (AvgIpc) is 2.28. The third kappa shape index (κ3) is 9.94. The second-order valence-corrected chi connectivity index (χ2v) is 4.90. The summed E-state index contributed by atoms with van der Waals surface area (Å²) in [5.74, 6) is -0.00985. The van der Waals surface area contributed by atoms with Crippen LogP contribution in [0.1, 0.15) is 6.42 Å². The summed E-state index contributed by atoms with van der Waals surface area (Å²) in [6.45, 7) is 0. The molecule has 0 spiro atoms. The predicted molar refractivity (Wildman–Crippen MR) is 75.9 cm³/mol. The molecule has 1 rings (SSSR count). The summed E-state index contributed by atoms with van der Waals surface area (Å²) < 4.78 is 46.3. The largest absolute Gasteiger partial charge is 0.673 e. The van der Waals surface area contributed by atoms with Gasteiger partial charge >= 0.3 is 13.3 Å². The monoisotopic (exact) mass is 329 g/mol. The third-order valence-electron chi connectivity index (χ3n) is 1.80. The van der Waals surface area contributed by atoms with E-state index in [2.05, 4.69) is 4.99 Å². The SMILES string of the molecule is CN(C)C(OSC1=NC=CCC1=O)=[N+](C)C.F[B-](F)(F)F. The zero-order valence-electron chi connectivity index (χ0n) is 12.0. The Balaban J connectivity index is 0.000000690. The van der Waals surface area contributed by atoms with Crippen LogP contribution < -0.4 is 0 Å². The Bertz CT molecular complexity index is 452. The molecule has 0 saturated carbocycles. The van der Waals surface area contributed by atoms with E-state index < -0.39 is 7.25 Å². The van der Waals surface area contributed by atoms with Crippen LogP contribution in [0.2, 0.25) is 0 Å². The molecule has 0 amide bonds. The van der Waals surface area contributed by atoms with Crippen LogP contribution >= 0.6 is 12.0 Å². The molecule has 0 radical (unpaired) electrons. The number of nitrogens with zero attached hydrogens (tertiary/aromatic N) is 3. The van der Waals surface area contributed by atoms with Gasteiger partial charge < -0.3 is 21.4 Å². The lowest BCUT2D eigenvalue weighted by atomic mass is 10.3. The van der Waals surface area contributed by atoms with Crippen LogP contribution in [-0.4, -0.2) is 61.8 Å². The minimum atomic E-state index is -6.00. The molecule has 0 bridgehead atoms. The van der Waals surface area contributed by atoms with Crippen LogP contribution in [0.4, 0.5) is 17.3 Å². The molecule has 1 heterocycles. The third-order valence-corrected chi connectivity index (χ3v) is 2.52. The van der Waals surface area contributed by atoms with Crippen molar-refractivity contribution in [3.63, 3.8) is 0 Å². The number of hydrogen-bond acceptors (Lipinski definition) is 4. The molecule has 0 N–H and O–H groups in total. The maximum atomic E-state index is 11.4. The number of aliphatic imine (C=N–C) groups is 1. The first kappa shape index (κ1) is 19.5. The molecule has 0 aliphatic carbocycles. The number of hydrogen-bond donors (Lipinski definition) is 0. The highest BCUT2D eigenvalue weighted by Gasteiger charge is 2.21. The van der Waals surface area contributed by atoms with E-state index in [-0.39, 0.29) is 5.78 Å². The van der Waals surface area contributed by atoms with Crippen molar-refractivity contribution in [1.82, 2.24) is 4.90 Å². The van der Waals surface area contributed by atoms with Crippen molar-refractivity contribution in [3.8, 4) is 0 Å². The summed E-state index contributed by atoms with van der Waals surface area (Å²) in [4.78, 5) is 17.2. The first-order valence-electron chi connectivity index (χ1n) is 5.71. The highest BCUT2D eigenvalue weighted by atomic mass is 32.2. The second kappa shape index (κ2) is 8.70. The number of ketones is 1. The maximum Gasteiger partial charge on any atom is 0.673 e. The lowest BCUT2D eigenvalue weighted by Gasteiger charge is -2.11. The quantitative estimate of drug-likeness (QED) is 0.170. The molecular weight excluding hydrogens is 313 g/mol. The van der Waals surface area contributed by atoms with E-state index in [9.17, 15) is 22.1 Å². The van der Waals surface area contributed by atoms with Gasteiger partial charge in [0, 0.05) is 12.6 Å². The highest BCUT2D eigenvalue weighted by molar-refractivity contribution is 8.12. The van der Waals surface area contributed by atoms with Crippen LogP contribution in [0.5, 0.6) is 0 Å². The summed E-state index contributed by atoms with van der Waals surface area (Å²) in [5.41, 5.74) is 0. The lowest BCUT2D eigenvalue weighted by molar-refractivity contribution is -0.477. The smallest absolute Gasteiger partial charge is 0.418 e. The molecule has 120 valence electrons. The molecule has 0 aromatic heterocycles. The minimum Gasteiger partial charge on any atom is -0.418 e. The summed E-state index contributed by atoms with van der Waals surface area (Å²) in [5, 5.41) is 0.392. The molecule has 11 heteroatoms. The summed E-state index contributed by atoms with van der Waals surface area (Å²) in [6.07, 6.45) is 3.75. The van der Waals surface area contributed by atoms with Crippen LogP contribution in [-0.2, 0) is 8.98 Å². The van der Waals surface area contributed by atoms with Crippen molar-refractivity contribution in [3.05, 3.63) is 12.3 Å². The second-order valence-electron chi connectivity index (χ2n) is 4.18. The zero-order chi connectivity index (χ0) is 16.6. The van der Waals surface area contributed by atoms with Gasteiger partial charge in [0.15, 0.2) is 10.8 Å². The summed E-state index contributed by atoms with van der Waals surface area (Å²) in [7, 11) is 1.50. The molecule has 0 aromatic rings. The Hall–Kier alpha value is -1.52. The maximum absolute atomic E-state index is 11.4. The Morgan fingerprint density at radius 1 is 1.38 bits per heavy atom. The van der Waals surface area contributed by atoms with E-state index in [1.807, 2.05) is 37.7 Å². The topological polar surface area (TPSA) is 44.9 Å². The number of carbonyl (C=O) groups is 1. The van der Waals surface area contributed by atoms with E-state index in [1.165, 1.54) is 0 Å². The van der Waals surface area contributed by atoms with Gasteiger partial charge in [-0.15, -0.1) is 0 Å².